The fourth-order valence-corrected chi connectivity index (χ4v) is 2.99. The summed E-state index contributed by atoms with van der Waals surface area (Å²) in [6, 6.07) is 12.9. The minimum atomic E-state index is -1.18. The summed E-state index contributed by atoms with van der Waals surface area (Å²) < 4.78 is 0. The molecule has 1 amide bonds. The van der Waals surface area contributed by atoms with Crippen LogP contribution in [0.5, 0.6) is 0 Å². The molecular weight excluding hydrogens is 302 g/mol. The molecule has 0 bridgehead atoms. The summed E-state index contributed by atoms with van der Waals surface area (Å²) in [5.41, 5.74) is 2.98. The Labute approximate surface area is 142 Å². The number of hydrogen-bond donors (Lipinski definition) is 2. The highest BCUT2D eigenvalue weighted by atomic mass is 16.4. The lowest BCUT2D eigenvalue weighted by molar-refractivity contribution is -0.142. The Hall–Kier alpha value is -2.62. The van der Waals surface area contributed by atoms with E-state index in [4.69, 9.17) is 0 Å². The van der Waals surface area contributed by atoms with Gasteiger partial charge in [-0.2, -0.15) is 0 Å². The van der Waals surface area contributed by atoms with Crippen LogP contribution in [0.15, 0.2) is 42.5 Å². The number of carboxylic acid groups (broad SMARTS) is 1. The molecule has 1 atom stereocenters. The molecule has 2 rings (SSSR count). The van der Waals surface area contributed by atoms with E-state index in [2.05, 4.69) is 5.32 Å². The highest BCUT2D eigenvalue weighted by molar-refractivity contribution is 5.97. The van der Waals surface area contributed by atoms with Crippen molar-refractivity contribution < 1.29 is 14.7 Å². The van der Waals surface area contributed by atoms with Crippen molar-refractivity contribution in [2.24, 2.45) is 0 Å². The molecule has 0 aliphatic carbocycles. The number of aliphatic carboxylic acids is 1. The monoisotopic (exact) mass is 325 g/mol. The van der Waals surface area contributed by atoms with Crippen LogP contribution in [0.2, 0.25) is 0 Å². The largest absolute Gasteiger partial charge is 0.481 e. The van der Waals surface area contributed by atoms with Gasteiger partial charge in [-0.05, 0) is 44.4 Å². The third kappa shape index (κ3) is 3.48. The Bertz CT molecular complexity index is 745. The molecule has 2 aromatic carbocycles. The lowest BCUT2D eigenvalue weighted by Gasteiger charge is -2.26. The average Bonchev–Trinajstić information content (AvgIpc) is 2.52. The van der Waals surface area contributed by atoms with Crippen LogP contribution in [0.1, 0.15) is 39.5 Å². The van der Waals surface area contributed by atoms with Crippen LogP contribution in [0, 0.1) is 20.8 Å². The summed E-state index contributed by atoms with van der Waals surface area (Å²) in [7, 11) is 0. The maximum Gasteiger partial charge on any atom is 0.315 e. The fraction of sp³-hybridized carbons (Fsp3) is 0.300. The molecule has 0 heterocycles. The van der Waals surface area contributed by atoms with E-state index < -0.39 is 11.4 Å². The highest BCUT2D eigenvalue weighted by Crippen LogP contribution is 2.24. The second-order valence-electron chi connectivity index (χ2n) is 6.46. The first kappa shape index (κ1) is 17.7. The third-order valence-corrected chi connectivity index (χ3v) is 4.39. The van der Waals surface area contributed by atoms with Crippen molar-refractivity contribution in [1.29, 1.82) is 0 Å². The zero-order valence-electron chi connectivity index (χ0n) is 14.5. The van der Waals surface area contributed by atoms with E-state index in [9.17, 15) is 14.7 Å². The lowest BCUT2D eigenvalue weighted by Crippen LogP contribution is -2.44. The van der Waals surface area contributed by atoms with Crippen LogP contribution in [-0.2, 0) is 10.2 Å². The Kier molecular flexibility index (Phi) is 5.07. The summed E-state index contributed by atoms with van der Waals surface area (Å²) in [6.07, 6.45) is 0. The van der Waals surface area contributed by atoms with Crippen molar-refractivity contribution in [3.05, 3.63) is 70.3 Å². The summed E-state index contributed by atoms with van der Waals surface area (Å²) in [6.45, 7) is 7.42. The van der Waals surface area contributed by atoms with Gasteiger partial charge in [-0.1, -0.05) is 48.0 Å². The average molecular weight is 325 g/mol. The predicted molar refractivity (Wildman–Crippen MR) is 94.4 cm³/mol. The van der Waals surface area contributed by atoms with E-state index in [-0.39, 0.29) is 12.5 Å². The Morgan fingerprint density at radius 1 is 1.04 bits per heavy atom. The van der Waals surface area contributed by atoms with Crippen LogP contribution in [0.3, 0.4) is 0 Å². The number of rotatable bonds is 5. The van der Waals surface area contributed by atoms with Crippen molar-refractivity contribution in [2.45, 2.75) is 33.1 Å². The van der Waals surface area contributed by atoms with Crippen molar-refractivity contribution >= 4 is 11.9 Å². The van der Waals surface area contributed by atoms with Crippen molar-refractivity contribution in [3.8, 4) is 0 Å². The van der Waals surface area contributed by atoms with Gasteiger partial charge >= 0.3 is 5.97 Å². The molecule has 0 aliphatic heterocycles. The van der Waals surface area contributed by atoms with Crippen molar-refractivity contribution in [2.75, 3.05) is 6.54 Å². The van der Waals surface area contributed by atoms with Crippen LogP contribution in [0.25, 0.3) is 0 Å². The fourth-order valence-electron chi connectivity index (χ4n) is 2.99. The third-order valence-electron chi connectivity index (χ3n) is 4.39. The number of carbonyl (C=O) groups is 2. The summed E-state index contributed by atoms with van der Waals surface area (Å²) in [4.78, 5) is 24.4. The molecule has 126 valence electrons. The summed E-state index contributed by atoms with van der Waals surface area (Å²) in [5, 5.41) is 12.5. The summed E-state index contributed by atoms with van der Waals surface area (Å²) >= 11 is 0. The van der Waals surface area contributed by atoms with E-state index in [0.29, 0.717) is 11.1 Å². The predicted octanol–water partition coefficient (Wildman–Crippen LogP) is 3.38. The van der Waals surface area contributed by atoms with Gasteiger partial charge in [0.25, 0.3) is 5.91 Å². The lowest BCUT2D eigenvalue weighted by atomic mass is 9.82. The number of carboxylic acids is 1. The first-order valence-electron chi connectivity index (χ1n) is 7.90. The molecule has 24 heavy (non-hydrogen) atoms. The van der Waals surface area contributed by atoms with Crippen LogP contribution >= 0.6 is 0 Å². The molecule has 2 aromatic rings. The van der Waals surface area contributed by atoms with Gasteiger partial charge in [-0.3, -0.25) is 9.59 Å². The van der Waals surface area contributed by atoms with E-state index in [1.165, 1.54) is 0 Å². The molecule has 4 nitrogen and oxygen atoms in total. The standard InChI is InChI=1S/C20H23NO3/c1-13-10-14(2)17(15(3)11-13)18(22)21-12-20(4,19(23)24)16-8-6-5-7-9-16/h5-11H,12H2,1-4H3,(H,21,22)(H,23,24). The molecule has 0 aliphatic rings. The second kappa shape index (κ2) is 6.87. The Morgan fingerprint density at radius 2 is 1.58 bits per heavy atom. The van der Waals surface area contributed by atoms with Gasteiger partial charge in [0.05, 0.1) is 0 Å². The van der Waals surface area contributed by atoms with E-state index in [0.717, 1.165) is 16.7 Å². The SMILES string of the molecule is Cc1cc(C)c(C(=O)NCC(C)(C(=O)O)c2ccccc2)c(C)c1. The summed E-state index contributed by atoms with van der Waals surface area (Å²) in [5.74, 6) is -1.21. The quantitative estimate of drug-likeness (QED) is 0.885. The Morgan fingerprint density at radius 3 is 2.08 bits per heavy atom. The van der Waals surface area contributed by atoms with E-state index in [1.807, 2.05) is 39.0 Å². The van der Waals surface area contributed by atoms with E-state index >= 15 is 0 Å². The molecule has 1 unspecified atom stereocenters. The minimum absolute atomic E-state index is 0.0257. The normalized spacial score (nSPS) is 13.2. The molecule has 4 heteroatoms. The smallest absolute Gasteiger partial charge is 0.315 e. The maximum absolute atomic E-state index is 12.6. The molecule has 0 aromatic heterocycles. The zero-order chi connectivity index (χ0) is 17.9. The first-order valence-corrected chi connectivity index (χ1v) is 7.90. The molecular formula is C20H23NO3. The molecule has 0 fully saturated rings. The van der Waals surface area contributed by atoms with Gasteiger partial charge in [-0.25, -0.2) is 0 Å². The van der Waals surface area contributed by atoms with Gasteiger partial charge in [0.15, 0.2) is 0 Å². The van der Waals surface area contributed by atoms with Crippen LogP contribution in [-0.4, -0.2) is 23.5 Å². The zero-order valence-corrected chi connectivity index (χ0v) is 14.5. The minimum Gasteiger partial charge on any atom is -0.481 e. The maximum atomic E-state index is 12.6. The number of nitrogens with one attached hydrogen (secondary N) is 1. The molecule has 0 saturated heterocycles. The highest BCUT2D eigenvalue weighted by Gasteiger charge is 2.35. The Balaban J connectivity index is 2.25. The van der Waals surface area contributed by atoms with E-state index in [1.54, 1.807) is 31.2 Å². The van der Waals surface area contributed by atoms with Gasteiger partial charge in [-0.15, -0.1) is 0 Å². The number of aryl methyl sites for hydroxylation is 3. The van der Waals surface area contributed by atoms with Gasteiger partial charge < -0.3 is 10.4 Å². The number of hydrogen-bond acceptors (Lipinski definition) is 2. The van der Waals surface area contributed by atoms with Gasteiger partial charge in [0, 0.05) is 12.1 Å². The number of benzene rings is 2. The first-order chi connectivity index (χ1) is 11.3. The van der Waals surface area contributed by atoms with Crippen molar-refractivity contribution in [1.82, 2.24) is 5.32 Å². The van der Waals surface area contributed by atoms with Gasteiger partial charge in [0.2, 0.25) is 0 Å². The second-order valence-corrected chi connectivity index (χ2v) is 6.46. The van der Waals surface area contributed by atoms with Gasteiger partial charge in [0.1, 0.15) is 5.41 Å². The molecule has 0 radical (unpaired) electrons. The topological polar surface area (TPSA) is 66.4 Å². The number of amides is 1. The van der Waals surface area contributed by atoms with Crippen LogP contribution < -0.4 is 5.32 Å². The molecule has 0 saturated carbocycles. The number of carbonyl (C=O) groups excluding carboxylic acids is 1. The molecule has 2 N–H and O–H groups in total. The van der Waals surface area contributed by atoms with Crippen molar-refractivity contribution in [3.63, 3.8) is 0 Å². The molecule has 0 spiro atoms. The van der Waals surface area contributed by atoms with Crippen LogP contribution in [0.4, 0.5) is 0 Å².